The summed E-state index contributed by atoms with van der Waals surface area (Å²) in [6, 6.07) is 0. The summed E-state index contributed by atoms with van der Waals surface area (Å²) in [5.74, 6) is -0.967. The van der Waals surface area contributed by atoms with Crippen LogP contribution in [0.25, 0.3) is 0 Å². The molecule has 0 aromatic carbocycles. The van der Waals surface area contributed by atoms with Crippen molar-refractivity contribution in [3.05, 3.63) is 36.0 Å². The summed E-state index contributed by atoms with van der Waals surface area (Å²) in [6.07, 6.45) is 7.93. The number of fused-ring (bicyclic) bond motifs is 5. The number of aliphatic hydroxyl groups is 2. The molecule has 3 saturated carbocycles. The Morgan fingerprint density at radius 1 is 1.28 bits per heavy atom. The van der Waals surface area contributed by atoms with E-state index in [2.05, 4.69) is 13.5 Å². The average molecular weight is 443 g/mol. The van der Waals surface area contributed by atoms with E-state index in [1.165, 1.54) is 6.92 Å². The summed E-state index contributed by atoms with van der Waals surface area (Å²) in [5.41, 5.74) is -0.793. The maximum atomic E-state index is 13.0. The zero-order chi connectivity index (χ0) is 23.5. The number of ether oxygens (including phenoxy) is 1. The van der Waals surface area contributed by atoms with Crippen molar-refractivity contribution < 1.29 is 29.3 Å². The summed E-state index contributed by atoms with van der Waals surface area (Å²) in [4.78, 5) is 36.5. The molecule has 0 bridgehead atoms. The van der Waals surface area contributed by atoms with Crippen molar-refractivity contribution in [2.24, 2.45) is 28.6 Å². The SMILES string of the molecule is C=CCC1=CC(=O)C=C2CC[C@@H]3[C@H]([C@@H](O)C[C@@]4(C)[C@H]3CC[C@]4(O)C(=O)COC(C)=O)[C@@]12C. The number of esters is 1. The molecule has 4 aliphatic carbocycles. The lowest BCUT2D eigenvalue weighted by molar-refractivity contribution is -0.181. The fourth-order valence-corrected chi connectivity index (χ4v) is 7.72. The Labute approximate surface area is 189 Å². The highest BCUT2D eigenvalue weighted by Gasteiger charge is 2.68. The molecule has 4 aliphatic rings. The number of hydrogen-bond acceptors (Lipinski definition) is 6. The molecule has 0 aromatic heterocycles. The lowest BCUT2D eigenvalue weighted by Crippen LogP contribution is -2.62. The molecule has 0 aromatic rings. The van der Waals surface area contributed by atoms with E-state index in [1.54, 1.807) is 18.2 Å². The first-order valence-corrected chi connectivity index (χ1v) is 11.6. The van der Waals surface area contributed by atoms with E-state index in [9.17, 15) is 24.6 Å². The summed E-state index contributed by atoms with van der Waals surface area (Å²) in [7, 11) is 0. The molecule has 32 heavy (non-hydrogen) atoms. The van der Waals surface area contributed by atoms with Gasteiger partial charge in [0.25, 0.3) is 0 Å². The molecular formula is C26H34O6. The third-order valence-electron chi connectivity index (χ3n) is 9.22. The van der Waals surface area contributed by atoms with Gasteiger partial charge in [-0.05, 0) is 62.5 Å². The van der Waals surface area contributed by atoms with E-state index in [0.717, 1.165) is 24.0 Å². The van der Waals surface area contributed by atoms with Crippen LogP contribution in [0.15, 0.2) is 36.0 Å². The molecule has 3 fully saturated rings. The van der Waals surface area contributed by atoms with E-state index < -0.39 is 40.9 Å². The number of carbonyl (C=O) groups is 3. The smallest absolute Gasteiger partial charge is 0.303 e. The summed E-state index contributed by atoms with van der Waals surface area (Å²) in [6.45, 7) is 8.70. The van der Waals surface area contributed by atoms with Gasteiger partial charge in [-0.15, -0.1) is 6.58 Å². The molecule has 0 heterocycles. The van der Waals surface area contributed by atoms with Crippen molar-refractivity contribution in [3.8, 4) is 0 Å². The quantitative estimate of drug-likeness (QED) is 0.501. The fraction of sp³-hybridized carbons (Fsp3) is 0.654. The fourth-order valence-electron chi connectivity index (χ4n) is 7.72. The van der Waals surface area contributed by atoms with Crippen LogP contribution in [-0.2, 0) is 19.1 Å². The summed E-state index contributed by atoms with van der Waals surface area (Å²) < 4.78 is 4.91. The van der Waals surface area contributed by atoms with Crippen LogP contribution in [0.2, 0.25) is 0 Å². The van der Waals surface area contributed by atoms with Crippen LogP contribution >= 0.6 is 0 Å². The van der Waals surface area contributed by atoms with E-state index in [-0.39, 0.29) is 23.5 Å². The molecule has 174 valence electrons. The van der Waals surface area contributed by atoms with E-state index in [4.69, 9.17) is 4.74 Å². The van der Waals surface area contributed by atoms with Gasteiger partial charge in [-0.3, -0.25) is 14.4 Å². The first-order chi connectivity index (χ1) is 15.0. The highest BCUT2D eigenvalue weighted by atomic mass is 16.5. The number of Topliss-reactive ketones (excluding diaryl/α,β-unsaturated/α-hetero) is 1. The molecule has 0 aliphatic heterocycles. The third kappa shape index (κ3) is 3.10. The Balaban J connectivity index is 1.70. The van der Waals surface area contributed by atoms with Crippen molar-refractivity contribution >= 4 is 17.5 Å². The van der Waals surface area contributed by atoms with Gasteiger partial charge in [-0.25, -0.2) is 0 Å². The highest BCUT2D eigenvalue weighted by Crippen LogP contribution is 2.68. The Hall–Kier alpha value is -2.05. The largest absolute Gasteiger partial charge is 0.458 e. The number of aliphatic hydroxyl groups excluding tert-OH is 1. The van der Waals surface area contributed by atoms with Crippen LogP contribution in [-0.4, -0.2) is 46.1 Å². The molecule has 6 heteroatoms. The van der Waals surface area contributed by atoms with Gasteiger partial charge in [-0.1, -0.05) is 31.1 Å². The minimum Gasteiger partial charge on any atom is -0.458 e. The summed E-state index contributed by atoms with van der Waals surface area (Å²) in [5, 5.41) is 23.1. The minimum absolute atomic E-state index is 0.00535. The van der Waals surface area contributed by atoms with Gasteiger partial charge in [0.15, 0.2) is 12.4 Å². The topological polar surface area (TPSA) is 101 Å². The second kappa shape index (κ2) is 7.77. The van der Waals surface area contributed by atoms with Crippen molar-refractivity contribution in [2.75, 3.05) is 6.61 Å². The third-order valence-corrected chi connectivity index (χ3v) is 9.22. The molecule has 0 amide bonds. The summed E-state index contributed by atoms with van der Waals surface area (Å²) >= 11 is 0. The van der Waals surface area contributed by atoms with Gasteiger partial charge < -0.3 is 14.9 Å². The second-order valence-corrected chi connectivity index (χ2v) is 10.6. The Morgan fingerprint density at radius 3 is 2.66 bits per heavy atom. The van der Waals surface area contributed by atoms with Gasteiger partial charge in [0.1, 0.15) is 5.60 Å². The minimum atomic E-state index is -1.63. The van der Waals surface area contributed by atoms with Crippen molar-refractivity contribution in [1.29, 1.82) is 0 Å². The zero-order valence-electron chi connectivity index (χ0n) is 19.2. The Bertz CT molecular complexity index is 931. The number of carbonyl (C=O) groups excluding carboxylic acids is 3. The number of allylic oxidation sites excluding steroid dienone is 5. The molecule has 0 radical (unpaired) electrons. The van der Waals surface area contributed by atoms with Gasteiger partial charge in [0, 0.05) is 23.7 Å². The molecule has 2 N–H and O–H groups in total. The normalized spacial score (nSPS) is 42.7. The first kappa shape index (κ1) is 23.1. The van der Waals surface area contributed by atoms with E-state index in [0.29, 0.717) is 25.7 Å². The predicted molar refractivity (Wildman–Crippen MR) is 118 cm³/mol. The van der Waals surface area contributed by atoms with Gasteiger partial charge in [-0.2, -0.15) is 0 Å². The Morgan fingerprint density at radius 2 is 2.00 bits per heavy atom. The van der Waals surface area contributed by atoms with Gasteiger partial charge >= 0.3 is 5.97 Å². The molecule has 0 unspecified atom stereocenters. The second-order valence-electron chi connectivity index (χ2n) is 10.6. The predicted octanol–water partition coefficient (Wildman–Crippen LogP) is 3.07. The number of hydrogen-bond donors (Lipinski definition) is 2. The number of rotatable bonds is 5. The molecule has 7 atom stereocenters. The van der Waals surface area contributed by atoms with Crippen molar-refractivity contribution in [3.63, 3.8) is 0 Å². The highest BCUT2D eigenvalue weighted by molar-refractivity contribution is 6.02. The van der Waals surface area contributed by atoms with Crippen LogP contribution in [0.3, 0.4) is 0 Å². The molecule has 0 spiro atoms. The lowest BCUT2D eigenvalue weighted by Gasteiger charge is -2.60. The average Bonchev–Trinajstić information content (AvgIpc) is 2.98. The molecule has 6 nitrogen and oxygen atoms in total. The maximum absolute atomic E-state index is 13.0. The van der Waals surface area contributed by atoms with E-state index in [1.807, 2.05) is 6.92 Å². The monoisotopic (exact) mass is 442 g/mol. The Kier molecular flexibility index (Phi) is 5.61. The molecular weight excluding hydrogens is 408 g/mol. The van der Waals surface area contributed by atoms with Gasteiger partial charge in [0.05, 0.1) is 6.10 Å². The van der Waals surface area contributed by atoms with Crippen molar-refractivity contribution in [2.45, 2.75) is 71.0 Å². The first-order valence-electron chi connectivity index (χ1n) is 11.6. The van der Waals surface area contributed by atoms with Crippen LogP contribution in [0, 0.1) is 28.6 Å². The van der Waals surface area contributed by atoms with Crippen LogP contribution in [0.5, 0.6) is 0 Å². The lowest BCUT2D eigenvalue weighted by atomic mass is 9.44. The van der Waals surface area contributed by atoms with E-state index >= 15 is 0 Å². The van der Waals surface area contributed by atoms with Crippen LogP contribution < -0.4 is 0 Å². The standard InChI is InChI=1S/C26H34O6/c1-5-6-16-11-18(28)12-17-7-8-19-20-9-10-26(31,22(30)14-32-15(2)27)24(20,3)13-21(29)23(19)25(16,17)4/h5,11-12,19-21,23,29,31H,1,6-10,13-14H2,2-4H3/t19-,20-,21-,23+,24-,25-,26-/m0/s1. The molecule has 4 rings (SSSR count). The maximum Gasteiger partial charge on any atom is 0.303 e. The zero-order valence-corrected chi connectivity index (χ0v) is 19.2. The molecule has 0 saturated heterocycles. The number of ketones is 2. The van der Waals surface area contributed by atoms with Crippen LogP contribution in [0.1, 0.15) is 59.3 Å². The van der Waals surface area contributed by atoms with Crippen LogP contribution in [0.4, 0.5) is 0 Å². The van der Waals surface area contributed by atoms with Crippen molar-refractivity contribution in [1.82, 2.24) is 0 Å². The van der Waals surface area contributed by atoms with Gasteiger partial charge in [0.2, 0.25) is 5.78 Å².